The number of halogens is 1. The van der Waals surface area contributed by atoms with Gasteiger partial charge in [0.15, 0.2) is 0 Å². The molecule has 6 nitrogen and oxygen atoms in total. The molecule has 0 bridgehead atoms. The molecule has 4 rings (SSSR count). The van der Waals surface area contributed by atoms with Crippen LogP contribution in [0.15, 0.2) is 59.3 Å². The standard InChI is InChI=1S/C20H19BrN4O2/c21-15-4-6-17(7-5-15)25-12-14(11-19(25)26)20(27)22-9-8-16-13-24-10-2-1-3-18(24)23-16/h1-7,10,13-14H,8-9,11-12H2,(H,22,27). The molecule has 1 unspecified atom stereocenters. The van der Waals surface area contributed by atoms with Gasteiger partial charge in [0.1, 0.15) is 5.65 Å². The Morgan fingerprint density at radius 1 is 1.22 bits per heavy atom. The Morgan fingerprint density at radius 2 is 2.04 bits per heavy atom. The summed E-state index contributed by atoms with van der Waals surface area (Å²) >= 11 is 3.39. The molecule has 2 amide bonds. The zero-order chi connectivity index (χ0) is 18.8. The van der Waals surface area contributed by atoms with E-state index in [1.807, 2.05) is 59.3 Å². The molecule has 1 saturated heterocycles. The number of carbonyl (C=O) groups excluding carboxylic acids is 2. The largest absolute Gasteiger partial charge is 0.355 e. The Bertz CT molecular complexity index is 950. The van der Waals surface area contributed by atoms with Crippen LogP contribution in [0.3, 0.4) is 0 Å². The quantitative estimate of drug-likeness (QED) is 0.681. The van der Waals surface area contributed by atoms with Gasteiger partial charge in [-0.25, -0.2) is 4.98 Å². The second-order valence-electron chi connectivity index (χ2n) is 6.62. The molecule has 1 atom stereocenters. The predicted octanol–water partition coefficient (Wildman–Crippen LogP) is 2.81. The van der Waals surface area contributed by atoms with Crippen LogP contribution in [0.5, 0.6) is 0 Å². The van der Waals surface area contributed by atoms with E-state index in [-0.39, 0.29) is 24.2 Å². The molecule has 0 saturated carbocycles. The Kier molecular flexibility index (Phi) is 4.94. The number of aromatic nitrogens is 2. The zero-order valence-corrected chi connectivity index (χ0v) is 16.2. The summed E-state index contributed by atoms with van der Waals surface area (Å²) < 4.78 is 2.92. The summed E-state index contributed by atoms with van der Waals surface area (Å²) in [7, 11) is 0. The van der Waals surface area contributed by atoms with E-state index < -0.39 is 0 Å². The van der Waals surface area contributed by atoms with Gasteiger partial charge in [-0.1, -0.05) is 22.0 Å². The fourth-order valence-corrected chi connectivity index (χ4v) is 3.58. The summed E-state index contributed by atoms with van der Waals surface area (Å²) in [5.41, 5.74) is 2.65. The van der Waals surface area contributed by atoms with Crippen LogP contribution in [-0.2, 0) is 16.0 Å². The highest BCUT2D eigenvalue weighted by Crippen LogP contribution is 2.26. The van der Waals surface area contributed by atoms with Crippen molar-refractivity contribution in [3.8, 4) is 0 Å². The average molecular weight is 427 g/mol. The highest BCUT2D eigenvalue weighted by Gasteiger charge is 2.34. The lowest BCUT2D eigenvalue weighted by molar-refractivity contribution is -0.126. The maximum atomic E-state index is 12.5. The van der Waals surface area contributed by atoms with Crippen molar-refractivity contribution in [3.63, 3.8) is 0 Å². The van der Waals surface area contributed by atoms with Crippen LogP contribution in [0.25, 0.3) is 5.65 Å². The van der Waals surface area contributed by atoms with E-state index in [0.717, 1.165) is 21.5 Å². The predicted molar refractivity (Wildman–Crippen MR) is 107 cm³/mol. The third-order valence-corrected chi connectivity index (χ3v) is 5.26. The molecule has 3 aromatic rings. The molecular weight excluding hydrogens is 408 g/mol. The number of imidazole rings is 1. The first kappa shape index (κ1) is 17.7. The van der Waals surface area contributed by atoms with Crippen LogP contribution >= 0.6 is 15.9 Å². The topological polar surface area (TPSA) is 66.7 Å². The fourth-order valence-electron chi connectivity index (χ4n) is 3.32. The molecule has 138 valence electrons. The SMILES string of the molecule is O=C(NCCc1cn2ccccc2n1)C1CC(=O)N(c2ccc(Br)cc2)C1. The summed E-state index contributed by atoms with van der Waals surface area (Å²) in [5.74, 6) is -0.410. The van der Waals surface area contributed by atoms with Gasteiger partial charge in [-0.15, -0.1) is 0 Å². The Balaban J connectivity index is 1.32. The number of benzene rings is 1. The lowest BCUT2D eigenvalue weighted by atomic mass is 10.1. The molecule has 0 spiro atoms. The molecule has 0 radical (unpaired) electrons. The third-order valence-electron chi connectivity index (χ3n) is 4.73. The minimum absolute atomic E-state index is 0.0159. The molecule has 2 aromatic heterocycles. The van der Waals surface area contributed by atoms with Gasteiger partial charge in [0.05, 0.1) is 11.6 Å². The number of rotatable bonds is 5. The average Bonchev–Trinajstić information content (AvgIpc) is 3.25. The Labute approximate surface area is 165 Å². The van der Waals surface area contributed by atoms with Crippen LogP contribution in [0.1, 0.15) is 12.1 Å². The summed E-state index contributed by atoms with van der Waals surface area (Å²) in [6.07, 6.45) is 4.82. The number of nitrogens with zero attached hydrogens (tertiary/aromatic N) is 3. The normalized spacial score (nSPS) is 16.9. The Morgan fingerprint density at radius 3 is 2.81 bits per heavy atom. The van der Waals surface area contributed by atoms with Crippen molar-refractivity contribution < 1.29 is 9.59 Å². The van der Waals surface area contributed by atoms with Gasteiger partial charge in [-0.2, -0.15) is 0 Å². The van der Waals surface area contributed by atoms with Gasteiger partial charge < -0.3 is 14.6 Å². The summed E-state index contributed by atoms with van der Waals surface area (Å²) in [6, 6.07) is 13.4. The molecule has 0 aliphatic carbocycles. The fraction of sp³-hybridized carbons (Fsp3) is 0.250. The van der Waals surface area contributed by atoms with Crippen molar-refractivity contribution in [2.24, 2.45) is 5.92 Å². The maximum absolute atomic E-state index is 12.5. The molecule has 27 heavy (non-hydrogen) atoms. The van der Waals surface area contributed by atoms with Gasteiger partial charge in [0, 0.05) is 48.5 Å². The highest BCUT2D eigenvalue weighted by molar-refractivity contribution is 9.10. The molecule has 1 N–H and O–H groups in total. The Hall–Kier alpha value is -2.67. The van der Waals surface area contributed by atoms with Crippen molar-refractivity contribution in [3.05, 3.63) is 65.0 Å². The summed E-state index contributed by atoms with van der Waals surface area (Å²) in [4.78, 5) is 31.0. The van der Waals surface area contributed by atoms with E-state index in [9.17, 15) is 9.59 Å². The van der Waals surface area contributed by atoms with Crippen molar-refractivity contribution >= 4 is 39.1 Å². The molecule has 1 aliphatic rings. The van der Waals surface area contributed by atoms with E-state index in [1.165, 1.54) is 0 Å². The second kappa shape index (κ2) is 7.52. The third kappa shape index (κ3) is 3.88. The van der Waals surface area contributed by atoms with Crippen LogP contribution in [-0.4, -0.2) is 34.3 Å². The molecule has 7 heteroatoms. The number of nitrogens with one attached hydrogen (secondary N) is 1. The minimum Gasteiger partial charge on any atom is -0.355 e. The van der Waals surface area contributed by atoms with E-state index in [2.05, 4.69) is 26.2 Å². The lowest BCUT2D eigenvalue weighted by Gasteiger charge is -2.16. The molecule has 3 heterocycles. The number of carbonyl (C=O) groups is 2. The van der Waals surface area contributed by atoms with Crippen molar-refractivity contribution in [2.45, 2.75) is 12.8 Å². The van der Waals surface area contributed by atoms with Gasteiger partial charge >= 0.3 is 0 Å². The van der Waals surface area contributed by atoms with E-state index in [0.29, 0.717) is 19.5 Å². The van der Waals surface area contributed by atoms with Crippen LogP contribution in [0, 0.1) is 5.92 Å². The lowest BCUT2D eigenvalue weighted by Crippen LogP contribution is -2.34. The summed E-state index contributed by atoms with van der Waals surface area (Å²) in [5, 5.41) is 2.94. The van der Waals surface area contributed by atoms with Crippen molar-refractivity contribution in [2.75, 3.05) is 18.0 Å². The number of hydrogen-bond acceptors (Lipinski definition) is 3. The van der Waals surface area contributed by atoms with Crippen LogP contribution < -0.4 is 10.2 Å². The molecule has 1 aromatic carbocycles. The van der Waals surface area contributed by atoms with Gasteiger partial charge in [0.2, 0.25) is 11.8 Å². The first-order valence-electron chi connectivity index (χ1n) is 8.86. The number of fused-ring (bicyclic) bond motifs is 1. The number of pyridine rings is 1. The molecule has 1 aliphatic heterocycles. The molecule has 1 fully saturated rings. The smallest absolute Gasteiger partial charge is 0.227 e. The second-order valence-corrected chi connectivity index (χ2v) is 7.54. The number of hydrogen-bond donors (Lipinski definition) is 1. The van der Waals surface area contributed by atoms with Crippen LogP contribution in [0.2, 0.25) is 0 Å². The van der Waals surface area contributed by atoms with Crippen LogP contribution in [0.4, 0.5) is 5.69 Å². The number of anilines is 1. The van der Waals surface area contributed by atoms with E-state index in [1.54, 1.807) is 4.90 Å². The molecular formula is C20H19BrN4O2. The van der Waals surface area contributed by atoms with Gasteiger partial charge in [-0.05, 0) is 36.4 Å². The first-order chi connectivity index (χ1) is 13.1. The monoisotopic (exact) mass is 426 g/mol. The van der Waals surface area contributed by atoms with Gasteiger partial charge in [-0.3, -0.25) is 9.59 Å². The zero-order valence-electron chi connectivity index (χ0n) is 14.6. The van der Waals surface area contributed by atoms with E-state index in [4.69, 9.17) is 0 Å². The highest BCUT2D eigenvalue weighted by atomic mass is 79.9. The minimum atomic E-state index is -0.317. The van der Waals surface area contributed by atoms with E-state index >= 15 is 0 Å². The maximum Gasteiger partial charge on any atom is 0.227 e. The van der Waals surface area contributed by atoms with Crippen molar-refractivity contribution in [1.82, 2.24) is 14.7 Å². The van der Waals surface area contributed by atoms with Gasteiger partial charge in [0.25, 0.3) is 0 Å². The summed E-state index contributed by atoms with van der Waals surface area (Å²) in [6.45, 7) is 0.923. The first-order valence-corrected chi connectivity index (χ1v) is 9.66. The number of amides is 2. The van der Waals surface area contributed by atoms with Crippen molar-refractivity contribution in [1.29, 1.82) is 0 Å².